The van der Waals surface area contributed by atoms with Crippen molar-refractivity contribution in [2.45, 2.75) is 46.2 Å². The first-order chi connectivity index (χ1) is 13.1. The number of morpholine rings is 1. The van der Waals surface area contributed by atoms with E-state index in [1.165, 1.54) is 0 Å². The van der Waals surface area contributed by atoms with Gasteiger partial charge in [-0.1, -0.05) is 0 Å². The van der Waals surface area contributed by atoms with E-state index in [4.69, 9.17) is 9.47 Å². The van der Waals surface area contributed by atoms with Crippen molar-refractivity contribution < 1.29 is 14.3 Å². The quantitative estimate of drug-likeness (QED) is 0.677. The number of likely N-dealkylation sites (tertiary alicyclic amines) is 1. The fourth-order valence-corrected chi connectivity index (χ4v) is 4.21. The Morgan fingerprint density at radius 1 is 1.30 bits per heavy atom. The van der Waals surface area contributed by atoms with Crippen molar-refractivity contribution in [1.82, 2.24) is 19.6 Å². The largest absolute Gasteiger partial charge is 0.380 e. The van der Waals surface area contributed by atoms with Gasteiger partial charge >= 0.3 is 0 Å². The monoisotopic (exact) mass is 378 g/mol. The summed E-state index contributed by atoms with van der Waals surface area (Å²) >= 11 is 0. The van der Waals surface area contributed by atoms with Gasteiger partial charge in [0.25, 0.3) is 5.91 Å². The zero-order valence-electron chi connectivity index (χ0n) is 17.0. The van der Waals surface area contributed by atoms with Crippen LogP contribution in [0.5, 0.6) is 0 Å². The highest BCUT2D eigenvalue weighted by Crippen LogP contribution is 2.25. The van der Waals surface area contributed by atoms with Crippen LogP contribution in [-0.2, 0) is 16.0 Å². The smallest absolute Gasteiger partial charge is 0.272 e. The van der Waals surface area contributed by atoms with Crippen LogP contribution >= 0.6 is 0 Å². The van der Waals surface area contributed by atoms with E-state index < -0.39 is 0 Å². The Morgan fingerprint density at radius 2 is 2.00 bits per heavy atom. The van der Waals surface area contributed by atoms with Gasteiger partial charge < -0.3 is 14.4 Å². The van der Waals surface area contributed by atoms with Crippen molar-refractivity contribution in [2.24, 2.45) is 5.92 Å². The molecular weight excluding hydrogens is 344 g/mol. The zero-order valence-corrected chi connectivity index (χ0v) is 17.0. The molecule has 2 aliphatic rings. The molecule has 1 aromatic heterocycles. The van der Waals surface area contributed by atoms with Crippen LogP contribution < -0.4 is 0 Å². The fourth-order valence-electron chi connectivity index (χ4n) is 4.21. The molecule has 3 heterocycles. The third kappa shape index (κ3) is 5.09. The molecule has 0 saturated carbocycles. The molecule has 1 amide bonds. The lowest BCUT2D eigenvalue weighted by molar-refractivity contribution is -0.00103. The summed E-state index contributed by atoms with van der Waals surface area (Å²) in [4.78, 5) is 17.6. The Kier molecular flexibility index (Phi) is 7.26. The Labute approximate surface area is 162 Å². The molecule has 0 bridgehead atoms. The van der Waals surface area contributed by atoms with Crippen LogP contribution in [0.4, 0.5) is 0 Å². The maximum Gasteiger partial charge on any atom is 0.272 e. The molecule has 152 valence electrons. The molecule has 2 saturated heterocycles. The number of nitrogens with zero attached hydrogens (tertiary/aromatic N) is 4. The van der Waals surface area contributed by atoms with Crippen molar-refractivity contribution in [1.29, 1.82) is 0 Å². The lowest BCUT2D eigenvalue weighted by Crippen LogP contribution is -2.49. The summed E-state index contributed by atoms with van der Waals surface area (Å²) in [6.45, 7) is 13.5. The van der Waals surface area contributed by atoms with E-state index in [1.54, 1.807) is 4.68 Å². The van der Waals surface area contributed by atoms with Crippen LogP contribution in [0.1, 0.15) is 42.9 Å². The van der Waals surface area contributed by atoms with Crippen molar-refractivity contribution in [3.63, 3.8) is 0 Å². The molecule has 7 nitrogen and oxygen atoms in total. The van der Waals surface area contributed by atoms with Gasteiger partial charge in [0.15, 0.2) is 0 Å². The standard InChI is InChI=1S/C20H34N4O3/c1-4-26-14-11-24-19(15-16(2)21-24)20(25)23-7-5-18(6-8-23)17(3)22-9-12-27-13-10-22/h15,17-18H,4-14H2,1-3H3/t17-/m0/s1. The van der Waals surface area contributed by atoms with Gasteiger partial charge in [0, 0.05) is 38.8 Å². The number of aryl methyl sites for hydroxylation is 1. The maximum absolute atomic E-state index is 13.0. The van der Waals surface area contributed by atoms with E-state index in [9.17, 15) is 4.79 Å². The average molecular weight is 379 g/mol. The van der Waals surface area contributed by atoms with Gasteiger partial charge in [0.05, 0.1) is 32.1 Å². The van der Waals surface area contributed by atoms with Crippen LogP contribution in [0.3, 0.4) is 0 Å². The van der Waals surface area contributed by atoms with Crippen molar-refractivity contribution in [3.8, 4) is 0 Å². The number of carbonyl (C=O) groups excluding carboxylic acids is 1. The Balaban J connectivity index is 1.55. The molecule has 0 radical (unpaired) electrons. The highest BCUT2D eigenvalue weighted by atomic mass is 16.5. The van der Waals surface area contributed by atoms with E-state index in [2.05, 4.69) is 16.9 Å². The van der Waals surface area contributed by atoms with E-state index in [0.29, 0.717) is 37.4 Å². The van der Waals surface area contributed by atoms with Gasteiger partial charge in [-0.25, -0.2) is 0 Å². The summed E-state index contributed by atoms with van der Waals surface area (Å²) in [6.07, 6.45) is 2.13. The second kappa shape index (κ2) is 9.66. The van der Waals surface area contributed by atoms with Gasteiger partial charge in [-0.3, -0.25) is 14.4 Å². The van der Waals surface area contributed by atoms with Gasteiger partial charge in [-0.15, -0.1) is 0 Å². The van der Waals surface area contributed by atoms with Crippen molar-refractivity contribution >= 4 is 5.91 Å². The van der Waals surface area contributed by atoms with Crippen LogP contribution in [-0.4, -0.2) is 84.1 Å². The molecule has 7 heteroatoms. The Morgan fingerprint density at radius 3 is 2.67 bits per heavy atom. The van der Waals surface area contributed by atoms with Crippen molar-refractivity contribution in [2.75, 3.05) is 52.6 Å². The molecule has 1 aromatic rings. The number of aromatic nitrogens is 2. The number of ether oxygens (including phenoxy) is 2. The van der Waals surface area contributed by atoms with Gasteiger partial charge in [0.2, 0.25) is 0 Å². The molecule has 2 fully saturated rings. The number of amides is 1. The fraction of sp³-hybridized carbons (Fsp3) is 0.800. The van der Waals surface area contributed by atoms with E-state index in [1.807, 2.05) is 24.8 Å². The minimum atomic E-state index is 0.101. The predicted molar refractivity (Wildman–Crippen MR) is 104 cm³/mol. The summed E-state index contributed by atoms with van der Waals surface area (Å²) in [5.74, 6) is 0.751. The summed E-state index contributed by atoms with van der Waals surface area (Å²) in [5, 5.41) is 4.47. The molecule has 3 rings (SSSR count). The minimum absolute atomic E-state index is 0.101. The van der Waals surface area contributed by atoms with E-state index in [-0.39, 0.29) is 5.91 Å². The molecule has 0 aromatic carbocycles. The first-order valence-electron chi connectivity index (χ1n) is 10.3. The third-order valence-electron chi connectivity index (χ3n) is 5.90. The number of hydrogen-bond acceptors (Lipinski definition) is 5. The first kappa shape index (κ1) is 20.3. The van der Waals surface area contributed by atoms with Gasteiger partial charge in [0.1, 0.15) is 5.69 Å². The lowest BCUT2D eigenvalue weighted by Gasteiger charge is -2.41. The van der Waals surface area contributed by atoms with Gasteiger partial charge in [-0.05, 0) is 45.6 Å². The molecule has 0 N–H and O–H groups in total. The Hall–Kier alpha value is -1.44. The maximum atomic E-state index is 13.0. The van der Waals surface area contributed by atoms with E-state index in [0.717, 1.165) is 57.9 Å². The zero-order chi connectivity index (χ0) is 19.2. The molecule has 0 unspecified atom stereocenters. The second-order valence-electron chi connectivity index (χ2n) is 7.61. The minimum Gasteiger partial charge on any atom is -0.380 e. The number of piperidine rings is 1. The highest BCUT2D eigenvalue weighted by molar-refractivity contribution is 5.92. The lowest BCUT2D eigenvalue weighted by atomic mass is 9.89. The van der Waals surface area contributed by atoms with Gasteiger partial charge in [-0.2, -0.15) is 5.10 Å². The molecule has 0 aliphatic carbocycles. The molecule has 1 atom stereocenters. The summed E-state index contributed by atoms with van der Waals surface area (Å²) in [7, 11) is 0. The summed E-state index contributed by atoms with van der Waals surface area (Å²) in [5.41, 5.74) is 1.57. The number of rotatable bonds is 7. The topological polar surface area (TPSA) is 59.8 Å². The third-order valence-corrected chi connectivity index (χ3v) is 5.90. The van der Waals surface area contributed by atoms with Crippen LogP contribution in [0.2, 0.25) is 0 Å². The molecular formula is C20H34N4O3. The second-order valence-corrected chi connectivity index (χ2v) is 7.61. The normalized spacial score (nSPS) is 20.8. The number of carbonyl (C=O) groups is 1. The first-order valence-corrected chi connectivity index (χ1v) is 10.3. The van der Waals surface area contributed by atoms with Crippen molar-refractivity contribution in [3.05, 3.63) is 17.5 Å². The molecule has 2 aliphatic heterocycles. The number of hydrogen-bond donors (Lipinski definition) is 0. The predicted octanol–water partition coefficient (Wildman–Crippen LogP) is 1.80. The highest BCUT2D eigenvalue weighted by Gasteiger charge is 2.31. The summed E-state index contributed by atoms with van der Waals surface area (Å²) in [6, 6.07) is 2.46. The Bertz CT molecular complexity index is 604. The molecule has 0 spiro atoms. The van der Waals surface area contributed by atoms with Crippen LogP contribution in [0.25, 0.3) is 0 Å². The SMILES string of the molecule is CCOCCn1nc(C)cc1C(=O)N1CCC([C@H](C)N2CCOCC2)CC1. The van der Waals surface area contributed by atoms with E-state index >= 15 is 0 Å². The van der Waals surface area contributed by atoms with Crippen LogP contribution in [0.15, 0.2) is 6.07 Å². The average Bonchev–Trinajstić information content (AvgIpc) is 3.08. The molecule has 27 heavy (non-hydrogen) atoms. The van der Waals surface area contributed by atoms with Crippen LogP contribution in [0, 0.1) is 12.8 Å². The summed E-state index contributed by atoms with van der Waals surface area (Å²) < 4.78 is 12.7.